The molecule has 0 saturated heterocycles. The molecule has 0 spiro atoms. The van der Waals surface area contributed by atoms with Gasteiger partial charge in [0.25, 0.3) is 0 Å². The first-order valence-electron chi connectivity index (χ1n) is 5.34. The molecule has 1 aromatic carbocycles. The highest BCUT2D eigenvalue weighted by Gasteiger charge is 2.14. The number of aryl methyl sites for hydroxylation is 1. The van der Waals surface area contributed by atoms with Crippen molar-refractivity contribution in [2.75, 3.05) is 5.43 Å². The van der Waals surface area contributed by atoms with E-state index >= 15 is 0 Å². The van der Waals surface area contributed by atoms with Crippen LogP contribution in [0.25, 0.3) is 10.9 Å². The van der Waals surface area contributed by atoms with Crippen LogP contribution in [0.2, 0.25) is 10.0 Å². The Morgan fingerprint density at radius 1 is 1.35 bits per heavy atom. The summed E-state index contributed by atoms with van der Waals surface area (Å²) in [6.45, 7) is 4.00. The highest BCUT2D eigenvalue weighted by Crippen LogP contribution is 2.35. The fraction of sp³-hybridized carbons (Fsp3) is 0.250. The molecular weight excluding hydrogens is 257 g/mol. The van der Waals surface area contributed by atoms with Gasteiger partial charge in [0.15, 0.2) is 0 Å². The van der Waals surface area contributed by atoms with Gasteiger partial charge < -0.3 is 5.43 Å². The van der Waals surface area contributed by atoms with Crippen molar-refractivity contribution in [1.82, 2.24) is 4.98 Å². The normalized spacial score (nSPS) is 10.9. The zero-order valence-electron chi connectivity index (χ0n) is 9.64. The molecule has 0 aliphatic rings. The number of nitrogen functional groups attached to an aromatic ring is 1. The standard InChI is InChI=1S/C12H13Cl2N3/c1-3-7-6(2)16-12-8(11(7)17-15)4-5-9(13)10(12)14/h4-5H,3,15H2,1-2H3,(H,16,17). The third-order valence-electron chi connectivity index (χ3n) is 2.85. The molecule has 2 aromatic rings. The van der Waals surface area contributed by atoms with Crippen LogP contribution in [0.4, 0.5) is 5.69 Å². The molecule has 0 saturated carbocycles. The molecule has 17 heavy (non-hydrogen) atoms. The summed E-state index contributed by atoms with van der Waals surface area (Å²) in [5.41, 5.74) is 6.30. The molecule has 0 radical (unpaired) electrons. The monoisotopic (exact) mass is 269 g/mol. The number of nitrogens with one attached hydrogen (secondary N) is 1. The van der Waals surface area contributed by atoms with Crippen LogP contribution >= 0.6 is 23.2 Å². The summed E-state index contributed by atoms with van der Waals surface area (Å²) in [4.78, 5) is 4.50. The molecule has 0 aliphatic carbocycles. The van der Waals surface area contributed by atoms with Crippen molar-refractivity contribution in [3.63, 3.8) is 0 Å². The fourth-order valence-corrected chi connectivity index (χ4v) is 2.39. The number of nitrogens with two attached hydrogens (primary N) is 1. The van der Waals surface area contributed by atoms with E-state index in [1.54, 1.807) is 6.07 Å². The Bertz CT molecular complexity index is 582. The molecule has 0 atom stereocenters. The van der Waals surface area contributed by atoms with Gasteiger partial charge in [0.2, 0.25) is 0 Å². The first-order chi connectivity index (χ1) is 8.10. The van der Waals surface area contributed by atoms with Gasteiger partial charge in [0.05, 0.1) is 21.2 Å². The van der Waals surface area contributed by atoms with Crippen LogP contribution in [0.1, 0.15) is 18.2 Å². The van der Waals surface area contributed by atoms with Gasteiger partial charge in [0, 0.05) is 11.1 Å². The number of hydrogen-bond acceptors (Lipinski definition) is 3. The number of fused-ring (bicyclic) bond motifs is 1. The van der Waals surface area contributed by atoms with E-state index in [1.165, 1.54) is 0 Å². The number of hydrogen-bond donors (Lipinski definition) is 2. The zero-order chi connectivity index (χ0) is 12.6. The van der Waals surface area contributed by atoms with E-state index in [-0.39, 0.29) is 0 Å². The third-order valence-corrected chi connectivity index (χ3v) is 3.65. The second-order valence-corrected chi connectivity index (χ2v) is 4.59. The van der Waals surface area contributed by atoms with E-state index in [0.717, 1.165) is 28.8 Å². The molecule has 3 nitrogen and oxygen atoms in total. The van der Waals surface area contributed by atoms with Gasteiger partial charge in [0.1, 0.15) is 0 Å². The highest BCUT2D eigenvalue weighted by molar-refractivity contribution is 6.45. The minimum absolute atomic E-state index is 0.464. The number of benzene rings is 1. The van der Waals surface area contributed by atoms with Gasteiger partial charge in [-0.05, 0) is 31.0 Å². The van der Waals surface area contributed by atoms with Gasteiger partial charge in [-0.3, -0.25) is 10.8 Å². The molecule has 1 heterocycles. The van der Waals surface area contributed by atoms with Gasteiger partial charge in [-0.15, -0.1) is 0 Å². The van der Waals surface area contributed by atoms with Crippen molar-refractivity contribution in [1.29, 1.82) is 0 Å². The fourth-order valence-electron chi connectivity index (χ4n) is 2.03. The average Bonchev–Trinajstić information content (AvgIpc) is 2.33. The maximum absolute atomic E-state index is 6.16. The Labute approximate surface area is 110 Å². The molecule has 0 fully saturated rings. The van der Waals surface area contributed by atoms with Gasteiger partial charge in [-0.2, -0.15) is 0 Å². The van der Waals surface area contributed by atoms with Gasteiger partial charge >= 0.3 is 0 Å². The van der Waals surface area contributed by atoms with Crippen LogP contribution in [0.3, 0.4) is 0 Å². The lowest BCUT2D eigenvalue weighted by atomic mass is 10.0. The lowest BCUT2D eigenvalue weighted by Gasteiger charge is -2.14. The number of rotatable bonds is 2. The second-order valence-electron chi connectivity index (χ2n) is 3.81. The number of aromatic nitrogens is 1. The molecule has 2 rings (SSSR count). The van der Waals surface area contributed by atoms with Crippen LogP contribution in [0, 0.1) is 6.92 Å². The highest BCUT2D eigenvalue weighted by atomic mass is 35.5. The quantitative estimate of drug-likeness (QED) is 0.646. The van der Waals surface area contributed by atoms with Crippen molar-refractivity contribution in [3.05, 3.63) is 33.4 Å². The van der Waals surface area contributed by atoms with E-state index < -0.39 is 0 Å². The summed E-state index contributed by atoms with van der Waals surface area (Å²) in [7, 11) is 0. The molecule has 90 valence electrons. The summed E-state index contributed by atoms with van der Waals surface area (Å²) in [6, 6.07) is 3.63. The van der Waals surface area contributed by atoms with Gasteiger partial charge in [-0.25, -0.2) is 0 Å². The van der Waals surface area contributed by atoms with E-state index in [9.17, 15) is 0 Å². The predicted octanol–water partition coefficient (Wildman–Crippen LogP) is 3.70. The first-order valence-corrected chi connectivity index (χ1v) is 6.09. The average molecular weight is 270 g/mol. The van der Waals surface area contributed by atoms with Crippen molar-refractivity contribution in [3.8, 4) is 0 Å². The van der Waals surface area contributed by atoms with Crippen molar-refractivity contribution in [2.24, 2.45) is 5.84 Å². The summed E-state index contributed by atoms with van der Waals surface area (Å²) in [5, 5.41) is 1.86. The summed E-state index contributed by atoms with van der Waals surface area (Å²) in [5.74, 6) is 5.60. The van der Waals surface area contributed by atoms with Crippen LogP contribution < -0.4 is 11.3 Å². The molecule has 1 aromatic heterocycles. The lowest BCUT2D eigenvalue weighted by molar-refractivity contribution is 1.06. The molecule has 3 N–H and O–H groups in total. The topological polar surface area (TPSA) is 50.9 Å². The van der Waals surface area contributed by atoms with Gasteiger partial charge in [-0.1, -0.05) is 30.1 Å². The Morgan fingerprint density at radius 2 is 2.06 bits per heavy atom. The number of halogens is 2. The SMILES string of the molecule is CCc1c(C)nc2c(Cl)c(Cl)ccc2c1NN. The first kappa shape index (κ1) is 12.4. The second kappa shape index (κ2) is 4.69. The Kier molecular flexibility index (Phi) is 3.43. The Morgan fingerprint density at radius 3 is 2.65 bits per heavy atom. The summed E-state index contributed by atoms with van der Waals surface area (Å²) >= 11 is 12.1. The molecule has 0 amide bonds. The van der Waals surface area contributed by atoms with E-state index in [4.69, 9.17) is 29.0 Å². The maximum atomic E-state index is 6.16. The smallest absolute Gasteiger partial charge is 0.0928 e. The predicted molar refractivity (Wildman–Crippen MR) is 73.7 cm³/mol. The van der Waals surface area contributed by atoms with Crippen molar-refractivity contribution >= 4 is 39.8 Å². The summed E-state index contributed by atoms with van der Waals surface area (Å²) < 4.78 is 0. The molecule has 0 aliphatic heterocycles. The molecule has 5 heteroatoms. The Balaban J connectivity index is 2.92. The van der Waals surface area contributed by atoms with E-state index in [2.05, 4.69) is 17.3 Å². The minimum Gasteiger partial charge on any atom is -0.323 e. The van der Waals surface area contributed by atoms with Crippen LogP contribution in [-0.2, 0) is 6.42 Å². The summed E-state index contributed by atoms with van der Waals surface area (Å²) in [6.07, 6.45) is 0.856. The molecular formula is C12H13Cl2N3. The van der Waals surface area contributed by atoms with E-state index in [0.29, 0.717) is 15.6 Å². The lowest BCUT2D eigenvalue weighted by Crippen LogP contribution is -2.11. The number of anilines is 1. The van der Waals surface area contributed by atoms with Crippen LogP contribution in [0.5, 0.6) is 0 Å². The van der Waals surface area contributed by atoms with Crippen LogP contribution in [0.15, 0.2) is 12.1 Å². The number of nitrogens with zero attached hydrogens (tertiary/aromatic N) is 1. The van der Waals surface area contributed by atoms with E-state index in [1.807, 2.05) is 13.0 Å². The Hall–Kier alpha value is -1.03. The van der Waals surface area contributed by atoms with Crippen molar-refractivity contribution in [2.45, 2.75) is 20.3 Å². The third kappa shape index (κ3) is 1.95. The molecule has 0 bridgehead atoms. The zero-order valence-corrected chi connectivity index (χ0v) is 11.2. The largest absolute Gasteiger partial charge is 0.323 e. The minimum atomic E-state index is 0.464. The van der Waals surface area contributed by atoms with Crippen molar-refractivity contribution < 1.29 is 0 Å². The number of hydrazine groups is 1. The number of pyridine rings is 1. The molecule has 0 unspecified atom stereocenters. The van der Waals surface area contributed by atoms with Crippen LogP contribution in [-0.4, -0.2) is 4.98 Å². The maximum Gasteiger partial charge on any atom is 0.0928 e.